The molecule has 0 saturated heterocycles. The van der Waals surface area contributed by atoms with Crippen molar-refractivity contribution in [1.29, 1.82) is 0 Å². The van der Waals surface area contributed by atoms with E-state index in [1.165, 1.54) is 12.3 Å². The second-order valence-corrected chi connectivity index (χ2v) is 5.47. The molecule has 0 unspecified atom stereocenters. The van der Waals surface area contributed by atoms with E-state index in [1.807, 2.05) is 0 Å². The first kappa shape index (κ1) is 17.7. The number of benzene rings is 1. The Bertz CT molecular complexity index is 749. The zero-order valence-electron chi connectivity index (χ0n) is 12.3. The van der Waals surface area contributed by atoms with E-state index >= 15 is 0 Å². The fourth-order valence-electron chi connectivity index (χ4n) is 1.67. The second kappa shape index (κ2) is 8.25. The molecule has 0 aliphatic rings. The maximum Gasteiger partial charge on any atom is 0.313 e. The van der Waals surface area contributed by atoms with Crippen LogP contribution in [0.3, 0.4) is 0 Å². The van der Waals surface area contributed by atoms with Gasteiger partial charge in [-0.1, -0.05) is 0 Å². The Morgan fingerprint density at radius 1 is 1.12 bits per heavy atom. The summed E-state index contributed by atoms with van der Waals surface area (Å²) in [7, 11) is 0. The van der Waals surface area contributed by atoms with E-state index in [-0.39, 0.29) is 18.8 Å². The van der Waals surface area contributed by atoms with Gasteiger partial charge < -0.3 is 20.4 Å². The average molecular weight is 398 g/mol. The molecule has 1 aromatic heterocycles. The molecule has 126 valence electrons. The summed E-state index contributed by atoms with van der Waals surface area (Å²) in [5, 5.41) is 7.00. The normalized spacial score (nSPS) is 10.1. The summed E-state index contributed by atoms with van der Waals surface area (Å²) in [6, 6.07) is 6.96. The molecule has 0 bridgehead atoms. The van der Waals surface area contributed by atoms with Crippen molar-refractivity contribution in [3.63, 3.8) is 0 Å². The molecule has 1 heterocycles. The van der Waals surface area contributed by atoms with Crippen molar-refractivity contribution in [2.24, 2.45) is 0 Å². The smallest absolute Gasteiger partial charge is 0.313 e. The summed E-state index contributed by atoms with van der Waals surface area (Å²) in [5.41, 5.74) is 0.235. The summed E-state index contributed by atoms with van der Waals surface area (Å²) >= 11 is 3.07. The van der Waals surface area contributed by atoms with Crippen LogP contribution in [0.1, 0.15) is 5.76 Å². The highest BCUT2D eigenvalue weighted by Gasteiger charge is 2.16. The lowest BCUT2D eigenvalue weighted by Crippen LogP contribution is -2.41. The van der Waals surface area contributed by atoms with E-state index in [2.05, 4.69) is 31.9 Å². The Morgan fingerprint density at radius 2 is 1.92 bits per heavy atom. The van der Waals surface area contributed by atoms with Crippen LogP contribution in [0.25, 0.3) is 0 Å². The summed E-state index contributed by atoms with van der Waals surface area (Å²) in [4.78, 5) is 34.9. The van der Waals surface area contributed by atoms with Gasteiger partial charge in [-0.25, -0.2) is 4.39 Å². The minimum absolute atomic E-state index is 0.177. The van der Waals surface area contributed by atoms with E-state index in [0.29, 0.717) is 10.2 Å². The maximum absolute atomic E-state index is 13.0. The monoisotopic (exact) mass is 397 g/mol. The molecule has 0 saturated carbocycles. The van der Waals surface area contributed by atoms with Gasteiger partial charge in [0, 0.05) is 4.47 Å². The summed E-state index contributed by atoms with van der Waals surface area (Å²) in [5.74, 6) is -2.36. The van der Waals surface area contributed by atoms with Crippen LogP contribution in [0.2, 0.25) is 0 Å². The van der Waals surface area contributed by atoms with Gasteiger partial charge in [0.25, 0.3) is 0 Å². The van der Waals surface area contributed by atoms with Gasteiger partial charge in [-0.15, -0.1) is 0 Å². The van der Waals surface area contributed by atoms with Gasteiger partial charge >= 0.3 is 11.8 Å². The lowest BCUT2D eigenvalue weighted by Gasteiger charge is -2.08. The van der Waals surface area contributed by atoms with Crippen molar-refractivity contribution >= 4 is 39.3 Å². The Morgan fingerprint density at radius 3 is 2.58 bits per heavy atom. The summed E-state index contributed by atoms with van der Waals surface area (Å²) < 4.78 is 18.3. The molecule has 7 nitrogen and oxygen atoms in total. The molecule has 2 rings (SSSR count). The molecule has 2 aromatic rings. The first-order chi connectivity index (χ1) is 11.5. The topological polar surface area (TPSA) is 100 Å². The number of amides is 3. The lowest BCUT2D eigenvalue weighted by molar-refractivity contribution is -0.136. The molecule has 3 amide bonds. The number of nitrogens with one attached hydrogen (secondary N) is 3. The van der Waals surface area contributed by atoms with Crippen LogP contribution in [-0.2, 0) is 20.9 Å². The molecule has 0 aliphatic carbocycles. The van der Waals surface area contributed by atoms with E-state index in [1.54, 1.807) is 12.1 Å². The van der Waals surface area contributed by atoms with Crippen LogP contribution in [0.15, 0.2) is 45.5 Å². The number of halogens is 2. The number of furan rings is 1. The average Bonchev–Trinajstić information content (AvgIpc) is 3.06. The summed E-state index contributed by atoms with van der Waals surface area (Å²) in [6.45, 7) is -0.187. The molecule has 24 heavy (non-hydrogen) atoms. The van der Waals surface area contributed by atoms with Crippen molar-refractivity contribution in [3.05, 3.63) is 52.6 Å². The fourth-order valence-corrected chi connectivity index (χ4v) is 2.12. The van der Waals surface area contributed by atoms with E-state index in [0.717, 1.165) is 12.1 Å². The standard InChI is InChI=1S/C15H13BrFN3O4/c16-11-6-9(17)3-4-12(11)20-15(23)14(22)19-8-13(21)18-7-10-2-1-5-24-10/h1-6H,7-8H2,(H,18,21)(H,19,22)(H,20,23). The van der Waals surface area contributed by atoms with E-state index < -0.39 is 23.5 Å². The minimum atomic E-state index is -0.987. The van der Waals surface area contributed by atoms with Crippen molar-refractivity contribution in [1.82, 2.24) is 10.6 Å². The second-order valence-electron chi connectivity index (χ2n) is 4.62. The van der Waals surface area contributed by atoms with Crippen molar-refractivity contribution in [2.75, 3.05) is 11.9 Å². The van der Waals surface area contributed by atoms with Gasteiger partial charge in [-0.3, -0.25) is 14.4 Å². The highest BCUT2D eigenvalue weighted by Crippen LogP contribution is 2.22. The van der Waals surface area contributed by atoms with Crippen molar-refractivity contribution in [2.45, 2.75) is 6.54 Å². The molecule has 0 radical (unpaired) electrons. The third-order valence-electron chi connectivity index (χ3n) is 2.83. The first-order valence-electron chi connectivity index (χ1n) is 6.79. The zero-order chi connectivity index (χ0) is 17.5. The molecule has 0 atom stereocenters. The Balaban J connectivity index is 1.76. The van der Waals surface area contributed by atoms with E-state index in [4.69, 9.17) is 4.42 Å². The highest BCUT2D eigenvalue weighted by atomic mass is 79.9. The summed E-state index contributed by atoms with van der Waals surface area (Å²) in [6.07, 6.45) is 1.47. The fraction of sp³-hybridized carbons (Fsp3) is 0.133. The number of anilines is 1. The molecule has 0 aliphatic heterocycles. The van der Waals surface area contributed by atoms with Crippen LogP contribution < -0.4 is 16.0 Å². The molecular weight excluding hydrogens is 385 g/mol. The third kappa shape index (κ3) is 5.20. The van der Waals surface area contributed by atoms with Crippen LogP contribution in [0, 0.1) is 5.82 Å². The van der Waals surface area contributed by atoms with Gasteiger partial charge in [0.2, 0.25) is 5.91 Å². The number of rotatable bonds is 5. The predicted molar refractivity (Wildman–Crippen MR) is 86.3 cm³/mol. The molecule has 9 heteroatoms. The third-order valence-corrected chi connectivity index (χ3v) is 3.49. The van der Waals surface area contributed by atoms with Crippen LogP contribution >= 0.6 is 15.9 Å². The Hall–Kier alpha value is -2.68. The Kier molecular flexibility index (Phi) is 6.07. The van der Waals surface area contributed by atoms with Gasteiger partial charge in [0.1, 0.15) is 11.6 Å². The number of hydrogen-bond acceptors (Lipinski definition) is 4. The van der Waals surface area contributed by atoms with Gasteiger partial charge in [-0.05, 0) is 46.3 Å². The van der Waals surface area contributed by atoms with Gasteiger partial charge in [0.05, 0.1) is 25.0 Å². The zero-order valence-corrected chi connectivity index (χ0v) is 13.9. The highest BCUT2D eigenvalue weighted by molar-refractivity contribution is 9.10. The first-order valence-corrected chi connectivity index (χ1v) is 7.58. The predicted octanol–water partition coefficient (Wildman–Crippen LogP) is 1.55. The minimum Gasteiger partial charge on any atom is -0.467 e. The maximum atomic E-state index is 13.0. The van der Waals surface area contributed by atoms with Crippen LogP contribution in [0.4, 0.5) is 10.1 Å². The molecule has 1 aromatic carbocycles. The number of carbonyl (C=O) groups excluding carboxylic acids is 3. The van der Waals surface area contributed by atoms with Crippen LogP contribution in [-0.4, -0.2) is 24.3 Å². The van der Waals surface area contributed by atoms with E-state index in [9.17, 15) is 18.8 Å². The SMILES string of the molecule is O=C(CNC(=O)C(=O)Nc1ccc(F)cc1Br)NCc1ccco1. The molecule has 3 N–H and O–H groups in total. The van der Waals surface area contributed by atoms with Crippen molar-refractivity contribution in [3.8, 4) is 0 Å². The number of carbonyl (C=O) groups is 3. The quantitative estimate of drug-likeness (QED) is 0.666. The van der Waals surface area contributed by atoms with Crippen LogP contribution in [0.5, 0.6) is 0 Å². The van der Waals surface area contributed by atoms with Gasteiger partial charge in [-0.2, -0.15) is 0 Å². The Labute approximate surface area is 144 Å². The molecule has 0 fully saturated rings. The lowest BCUT2D eigenvalue weighted by atomic mass is 10.3. The van der Waals surface area contributed by atoms with Gasteiger partial charge in [0.15, 0.2) is 0 Å². The number of hydrogen-bond donors (Lipinski definition) is 3. The largest absolute Gasteiger partial charge is 0.467 e. The van der Waals surface area contributed by atoms with Crippen molar-refractivity contribution < 1.29 is 23.2 Å². The molecule has 0 spiro atoms. The molecular formula is C15H13BrFN3O4.